The molecule has 0 radical (unpaired) electrons. The standard InChI is InChI=1S/C44H46F6N4S4/c1-3-5-7-9-11-13-15-27-17-19-29(25-31(27)43(45,46)47)33-21-23-35(55-33)37-39-41(53-57-51-39)38(42-40(37)52-58-54-42)36-24-22-34(56-36)30-20-18-28(32(26-30)44(48,49)50)16-14-12-10-8-6-4-2/h17-26,51,53H,3-16H2,1-2H3. The van der Waals surface area contributed by atoms with Crippen LogP contribution in [0, 0.1) is 0 Å². The predicted molar refractivity (Wildman–Crippen MR) is 234 cm³/mol. The second-order valence-corrected chi connectivity index (χ2v) is 18.2. The smallest absolute Gasteiger partial charge is 0.309 e. The molecular weight excluding hydrogens is 827 g/mol. The van der Waals surface area contributed by atoms with Crippen LogP contribution in [0.1, 0.15) is 113 Å². The van der Waals surface area contributed by atoms with Crippen molar-refractivity contribution in [3.8, 4) is 41.8 Å². The van der Waals surface area contributed by atoms with Crippen LogP contribution in [0.3, 0.4) is 0 Å². The Morgan fingerprint density at radius 1 is 0.500 bits per heavy atom. The van der Waals surface area contributed by atoms with Gasteiger partial charge < -0.3 is 9.44 Å². The molecule has 58 heavy (non-hydrogen) atoms. The zero-order chi connectivity index (χ0) is 40.9. The molecule has 1 aliphatic heterocycles. The fourth-order valence-electron chi connectivity index (χ4n) is 7.68. The predicted octanol–water partition coefficient (Wildman–Crippen LogP) is 16.7. The third-order valence-corrected chi connectivity index (χ3v) is 14.2. The first-order valence-electron chi connectivity index (χ1n) is 20.1. The molecule has 0 amide bonds. The van der Waals surface area contributed by atoms with Crippen molar-refractivity contribution in [1.29, 1.82) is 0 Å². The summed E-state index contributed by atoms with van der Waals surface area (Å²) in [6.45, 7) is 4.28. The van der Waals surface area contributed by atoms with Gasteiger partial charge in [0.15, 0.2) is 0 Å². The van der Waals surface area contributed by atoms with Gasteiger partial charge in [0, 0.05) is 30.6 Å². The number of aryl methyl sites for hydroxylation is 2. The summed E-state index contributed by atoms with van der Waals surface area (Å²) in [6.07, 6.45) is 4.00. The zero-order valence-corrected chi connectivity index (χ0v) is 35.7. The van der Waals surface area contributed by atoms with Gasteiger partial charge in [0.1, 0.15) is 11.0 Å². The van der Waals surface area contributed by atoms with Crippen molar-refractivity contribution < 1.29 is 26.3 Å². The SMILES string of the molecule is CCCCCCCCc1ccc(-c2ccc(-c3c4c(c(-c5ccc(-c6ccc(CCCCCCCC)c(C(F)(F)F)c6)s5)c5nsnc35)NSN4)s2)cc1C(F)(F)F. The number of alkyl halides is 6. The lowest BCUT2D eigenvalue weighted by Gasteiger charge is -2.15. The van der Waals surface area contributed by atoms with E-state index in [0.29, 0.717) is 55.9 Å². The third-order valence-electron chi connectivity index (χ3n) is 10.7. The lowest BCUT2D eigenvalue weighted by Crippen LogP contribution is -2.09. The number of halogens is 6. The zero-order valence-electron chi connectivity index (χ0n) is 32.5. The van der Waals surface area contributed by atoms with Crippen LogP contribution in [0.5, 0.6) is 0 Å². The quantitative estimate of drug-likeness (QED) is 0.0512. The molecule has 4 heterocycles. The van der Waals surface area contributed by atoms with Gasteiger partial charge in [0.2, 0.25) is 0 Å². The van der Waals surface area contributed by atoms with Crippen LogP contribution in [0.25, 0.3) is 52.8 Å². The largest absolute Gasteiger partial charge is 0.416 e. The Labute approximate surface area is 352 Å². The highest BCUT2D eigenvalue weighted by molar-refractivity contribution is 8.02. The van der Waals surface area contributed by atoms with E-state index in [9.17, 15) is 26.3 Å². The van der Waals surface area contributed by atoms with Crippen molar-refractivity contribution in [1.82, 2.24) is 8.75 Å². The fourth-order valence-corrected chi connectivity index (χ4v) is 11.0. The number of nitrogens with zero attached hydrogens (tertiary/aromatic N) is 2. The maximum absolute atomic E-state index is 14.3. The van der Waals surface area contributed by atoms with E-state index in [1.54, 1.807) is 24.3 Å². The molecular formula is C44H46F6N4S4. The van der Waals surface area contributed by atoms with Crippen molar-refractivity contribution in [3.63, 3.8) is 0 Å². The van der Waals surface area contributed by atoms with Crippen LogP contribution < -0.4 is 9.44 Å². The van der Waals surface area contributed by atoms with E-state index in [0.717, 1.165) is 121 Å². The molecule has 0 atom stereocenters. The maximum Gasteiger partial charge on any atom is 0.416 e. The van der Waals surface area contributed by atoms with Gasteiger partial charge >= 0.3 is 12.4 Å². The summed E-state index contributed by atoms with van der Waals surface area (Å²) < 4.78 is 102. The normalized spacial score (nSPS) is 13.0. The lowest BCUT2D eigenvalue weighted by molar-refractivity contribution is -0.139. The van der Waals surface area contributed by atoms with Gasteiger partial charge in [0.25, 0.3) is 0 Å². The molecule has 0 spiro atoms. The van der Waals surface area contributed by atoms with E-state index in [-0.39, 0.29) is 0 Å². The molecule has 3 aromatic carbocycles. The van der Waals surface area contributed by atoms with E-state index in [1.165, 1.54) is 46.9 Å². The van der Waals surface area contributed by atoms with Gasteiger partial charge in [-0.1, -0.05) is 102 Å². The van der Waals surface area contributed by atoms with Gasteiger partial charge in [0.05, 0.1) is 46.4 Å². The minimum absolute atomic E-state index is 0.331. The molecule has 0 fully saturated rings. The molecule has 308 valence electrons. The summed E-state index contributed by atoms with van der Waals surface area (Å²) in [5.74, 6) is 0. The molecule has 7 rings (SSSR count). The highest BCUT2D eigenvalue weighted by Gasteiger charge is 2.35. The van der Waals surface area contributed by atoms with Crippen LogP contribution in [-0.4, -0.2) is 8.75 Å². The van der Waals surface area contributed by atoms with Gasteiger partial charge in [-0.15, -0.1) is 22.7 Å². The lowest BCUT2D eigenvalue weighted by atomic mass is 9.97. The number of rotatable bonds is 18. The van der Waals surface area contributed by atoms with Crippen LogP contribution in [-0.2, 0) is 25.2 Å². The van der Waals surface area contributed by atoms with Gasteiger partial charge in [-0.05, 0) is 84.3 Å². The number of anilines is 2. The Hall–Kier alpha value is -3.59. The highest BCUT2D eigenvalue weighted by atomic mass is 32.2. The number of aromatic nitrogens is 2. The van der Waals surface area contributed by atoms with Crippen LogP contribution in [0.15, 0.2) is 60.7 Å². The molecule has 0 bridgehead atoms. The second kappa shape index (κ2) is 18.8. The maximum atomic E-state index is 14.3. The van der Waals surface area contributed by atoms with E-state index in [1.807, 2.05) is 24.3 Å². The van der Waals surface area contributed by atoms with Gasteiger partial charge in [-0.3, -0.25) is 0 Å². The third kappa shape index (κ3) is 9.55. The summed E-state index contributed by atoms with van der Waals surface area (Å²) in [4.78, 5) is 3.06. The summed E-state index contributed by atoms with van der Waals surface area (Å²) in [5.41, 5.74) is 4.92. The fraction of sp³-hybridized carbons (Fsp3) is 0.409. The van der Waals surface area contributed by atoms with Crippen LogP contribution in [0.4, 0.5) is 37.7 Å². The Balaban J connectivity index is 1.17. The van der Waals surface area contributed by atoms with Crippen molar-refractivity contribution in [3.05, 3.63) is 82.9 Å². The van der Waals surface area contributed by atoms with E-state index >= 15 is 0 Å². The van der Waals surface area contributed by atoms with E-state index in [2.05, 4.69) is 23.3 Å². The molecule has 6 aromatic rings. The summed E-state index contributed by atoms with van der Waals surface area (Å²) >= 11 is 5.14. The summed E-state index contributed by atoms with van der Waals surface area (Å²) in [5, 5.41) is 0. The van der Waals surface area contributed by atoms with E-state index < -0.39 is 23.5 Å². The average molecular weight is 873 g/mol. The van der Waals surface area contributed by atoms with Crippen molar-refractivity contribution >= 4 is 68.9 Å². The number of fused-ring (bicyclic) bond motifs is 2. The first-order chi connectivity index (χ1) is 28.0. The first-order valence-corrected chi connectivity index (χ1v) is 23.3. The molecule has 3 aromatic heterocycles. The second-order valence-electron chi connectivity index (χ2n) is 14.9. The summed E-state index contributed by atoms with van der Waals surface area (Å²) in [7, 11) is 0. The number of nitrogens with one attached hydrogen (secondary N) is 2. The van der Waals surface area contributed by atoms with Crippen LogP contribution >= 0.6 is 46.5 Å². The molecule has 0 aliphatic carbocycles. The first kappa shape index (κ1) is 42.5. The Morgan fingerprint density at radius 3 is 1.31 bits per heavy atom. The number of hydrogen-bond donors (Lipinski definition) is 2. The Bertz CT molecular complexity index is 2170. The molecule has 0 saturated heterocycles. The van der Waals surface area contributed by atoms with Gasteiger partial charge in [-0.2, -0.15) is 35.1 Å². The minimum atomic E-state index is -4.46. The topological polar surface area (TPSA) is 49.8 Å². The van der Waals surface area contributed by atoms with Crippen molar-refractivity contribution in [2.24, 2.45) is 0 Å². The number of benzene rings is 3. The summed E-state index contributed by atoms with van der Waals surface area (Å²) in [6, 6.07) is 16.9. The molecule has 1 aliphatic rings. The number of hydrogen-bond acceptors (Lipinski definition) is 8. The van der Waals surface area contributed by atoms with Crippen LogP contribution in [0.2, 0.25) is 0 Å². The van der Waals surface area contributed by atoms with Crippen molar-refractivity contribution in [2.75, 3.05) is 9.44 Å². The molecule has 0 saturated carbocycles. The molecule has 14 heteroatoms. The molecule has 2 N–H and O–H groups in total. The Kier molecular flexibility index (Phi) is 13.8. The minimum Gasteiger partial charge on any atom is -0.309 e. The Morgan fingerprint density at radius 2 is 0.897 bits per heavy atom. The molecule has 4 nitrogen and oxygen atoms in total. The average Bonchev–Trinajstić information content (AvgIpc) is 4.04. The number of thiophene rings is 2. The monoisotopic (exact) mass is 872 g/mol. The number of unbranched alkanes of at least 4 members (excludes halogenated alkanes) is 10. The molecule has 0 unspecified atom stereocenters. The van der Waals surface area contributed by atoms with Gasteiger partial charge in [-0.25, -0.2) is 0 Å². The van der Waals surface area contributed by atoms with Crippen molar-refractivity contribution in [2.45, 2.75) is 116 Å². The van der Waals surface area contributed by atoms with E-state index in [4.69, 9.17) is 8.75 Å². The highest BCUT2D eigenvalue weighted by Crippen LogP contribution is 2.55.